The standard InChI is InChI=1S/C12H16BrClFNO/c1-3-16-7-6-12(2,17)8-4-5-9(13)10(14)11(8)15/h4-5,16-17H,3,6-7H2,1-2H3. The number of halogens is 3. The van der Waals surface area contributed by atoms with Crippen LogP contribution in [0.15, 0.2) is 16.6 Å². The molecule has 0 saturated carbocycles. The molecule has 0 aliphatic heterocycles. The molecule has 0 aliphatic carbocycles. The van der Waals surface area contributed by atoms with Gasteiger partial charge < -0.3 is 10.4 Å². The Morgan fingerprint density at radius 2 is 2.18 bits per heavy atom. The fourth-order valence-electron chi connectivity index (χ4n) is 1.59. The molecule has 0 aromatic heterocycles. The van der Waals surface area contributed by atoms with Crippen LogP contribution in [0.5, 0.6) is 0 Å². The monoisotopic (exact) mass is 323 g/mol. The molecule has 1 aromatic rings. The molecule has 0 amide bonds. The van der Waals surface area contributed by atoms with Gasteiger partial charge in [-0.1, -0.05) is 24.6 Å². The van der Waals surface area contributed by atoms with Crippen molar-refractivity contribution in [2.75, 3.05) is 13.1 Å². The maximum atomic E-state index is 13.9. The molecule has 2 N–H and O–H groups in total. The predicted molar refractivity (Wildman–Crippen MR) is 71.8 cm³/mol. The minimum Gasteiger partial charge on any atom is -0.385 e. The van der Waals surface area contributed by atoms with Gasteiger partial charge >= 0.3 is 0 Å². The van der Waals surface area contributed by atoms with Crippen molar-refractivity contribution >= 4 is 27.5 Å². The normalized spacial score (nSPS) is 14.7. The smallest absolute Gasteiger partial charge is 0.149 e. The average molecular weight is 325 g/mol. The molecule has 0 fully saturated rings. The molecule has 0 saturated heterocycles. The molecule has 1 aromatic carbocycles. The lowest BCUT2D eigenvalue weighted by Gasteiger charge is -2.25. The van der Waals surface area contributed by atoms with E-state index < -0.39 is 11.4 Å². The molecule has 0 aliphatic rings. The van der Waals surface area contributed by atoms with Crippen molar-refractivity contribution in [1.29, 1.82) is 0 Å². The van der Waals surface area contributed by atoms with Crippen molar-refractivity contribution in [1.82, 2.24) is 5.32 Å². The molecule has 1 rings (SSSR count). The van der Waals surface area contributed by atoms with Crippen molar-refractivity contribution < 1.29 is 9.50 Å². The van der Waals surface area contributed by atoms with Crippen LogP contribution in [0.1, 0.15) is 25.8 Å². The number of hydrogen-bond acceptors (Lipinski definition) is 2. The molecule has 5 heteroatoms. The van der Waals surface area contributed by atoms with Crippen LogP contribution in [0, 0.1) is 5.82 Å². The van der Waals surface area contributed by atoms with E-state index in [1.807, 2.05) is 6.92 Å². The molecule has 2 nitrogen and oxygen atoms in total. The fraction of sp³-hybridized carbons (Fsp3) is 0.500. The topological polar surface area (TPSA) is 32.3 Å². The highest BCUT2D eigenvalue weighted by atomic mass is 79.9. The summed E-state index contributed by atoms with van der Waals surface area (Å²) < 4.78 is 14.4. The zero-order valence-corrected chi connectivity index (χ0v) is 12.2. The Morgan fingerprint density at radius 3 is 2.76 bits per heavy atom. The maximum Gasteiger partial charge on any atom is 0.149 e. The Balaban J connectivity index is 2.94. The van der Waals surface area contributed by atoms with Gasteiger partial charge in [-0.15, -0.1) is 0 Å². The molecule has 0 bridgehead atoms. The molecule has 1 atom stereocenters. The van der Waals surface area contributed by atoms with Gasteiger partial charge in [0.1, 0.15) is 5.82 Å². The summed E-state index contributed by atoms with van der Waals surface area (Å²) in [5, 5.41) is 13.4. The third-order valence-electron chi connectivity index (χ3n) is 2.65. The summed E-state index contributed by atoms with van der Waals surface area (Å²) in [6, 6.07) is 3.19. The lowest BCUT2D eigenvalue weighted by atomic mass is 9.92. The second kappa shape index (κ2) is 6.14. The van der Waals surface area contributed by atoms with E-state index in [0.29, 0.717) is 17.4 Å². The number of hydrogen-bond donors (Lipinski definition) is 2. The summed E-state index contributed by atoms with van der Waals surface area (Å²) in [4.78, 5) is 0. The Bertz CT molecular complexity index is 398. The first kappa shape index (κ1) is 14.9. The highest BCUT2D eigenvalue weighted by Gasteiger charge is 2.27. The van der Waals surface area contributed by atoms with Crippen molar-refractivity contribution in [3.05, 3.63) is 33.0 Å². The third-order valence-corrected chi connectivity index (χ3v) is 3.91. The van der Waals surface area contributed by atoms with Crippen LogP contribution in [0.25, 0.3) is 0 Å². The van der Waals surface area contributed by atoms with Crippen molar-refractivity contribution in [2.45, 2.75) is 25.9 Å². The van der Waals surface area contributed by atoms with Crippen LogP contribution in [-0.2, 0) is 5.60 Å². The largest absolute Gasteiger partial charge is 0.385 e. The van der Waals surface area contributed by atoms with Gasteiger partial charge in [0, 0.05) is 10.0 Å². The minimum absolute atomic E-state index is 0.00576. The maximum absolute atomic E-state index is 13.9. The first-order valence-electron chi connectivity index (χ1n) is 5.47. The highest BCUT2D eigenvalue weighted by Crippen LogP contribution is 2.34. The van der Waals surface area contributed by atoms with E-state index >= 15 is 0 Å². The number of benzene rings is 1. The summed E-state index contributed by atoms with van der Waals surface area (Å²) in [6.45, 7) is 5.01. The molecule has 0 heterocycles. The van der Waals surface area contributed by atoms with Crippen molar-refractivity contribution in [3.63, 3.8) is 0 Å². The van der Waals surface area contributed by atoms with Gasteiger partial charge in [-0.2, -0.15) is 0 Å². The number of nitrogens with one attached hydrogen (secondary N) is 1. The summed E-state index contributed by atoms with van der Waals surface area (Å²) in [6.07, 6.45) is 0.426. The quantitative estimate of drug-likeness (QED) is 0.642. The van der Waals surface area contributed by atoms with Crippen LogP contribution >= 0.6 is 27.5 Å². The van der Waals surface area contributed by atoms with Crippen molar-refractivity contribution in [3.8, 4) is 0 Å². The van der Waals surface area contributed by atoms with E-state index in [0.717, 1.165) is 6.54 Å². The zero-order valence-electron chi connectivity index (χ0n) is 9.86. The number of aliphatic hydroxyl groups is 1. The Morgan fingerprint density at radius 1 is 1.53 bits per heavy atom. The average Bonchev–Trinajstić information content (AvgIpc) is 2.26. The van der Waals surface area contributed by atoms with Crippen LogP contribution in [0.4, 0.5) is 4.39 Å². The molecule has 96 valence electrons. The third kappa shape index (κ3) is 3.65. The van der Waals surface area contributed by atoms with Crippen LogP contribution in [-0.4, -0.2) is 18.2 Å². The van der Waals surface area contributed by atoms with E-state index in [9.17, 15) is 9.50 Å². The van der Waals surface area contributed by atoms with Gasteiger partial charge in [0.05, 0.1) is 10.6 Å². The Kier molecular flexibility index (Phi) is 5.38. The van der Waals surface area contributed by atoms with Crippen LogP contribution in [0.2, 0.25) is 5.02 Å². The van der Waals surface area contributed by atoms with Gasteiger partial charge in [-0.3, -0.25) is 0 Å². The van der Waals surface area contributed by atoms with E-state index in [-0.39, 0.29) is 10.6 Å². The summed E-state index contributed by atoms with van der Waals surface area (Å²) in [5.41, 5.74) is -1.00. The number of rotatable bonds is 5. The van der Waals surface area contributed by atoms with E-state index in [1.165, 1.54) is 0 Å². The molecule has 0 spiro atoms. The van der Waals surface area contributed by atoms with Crippen LogP contribution in [0.3, 0.4) is 0 Å². The molecule has 1 unspecified atom stereocenters. The van der Waals surface area contributed by atoms with E-state index in [2.05, 4.69) is 21.2 Å². The fourth-order valence-corrected chi connectivity index (χ4v) is 2.06. The zero-order chi connectivity index (χ0) is 13.1. The second-order valence-electron chi connectivity index (χ2n) is 4.10. The van der Waals surface area contributed by atoms with Gasteiger partial charge in [0.15, 0.2) is 0 Å². The van der Waals surface area contributed by atoms with E-state index in [1.54, 1.807) is 19.1 Å². The lowest BCUT2D eigenvalue weighted by molar-refractivity contribution is 0.0445. The van der Waals surface area contributed by atoms with Gasteiger partial charge in [0.2, 0.25) is 0 Å². The van der Waals surface area contributed by atoms with Crippen LogP contribution < -0.4 is 5.32 Å². The minimum atomic E-state index is -1.23. The summed E-state index contributed by atoms with van der Waals surface area (Å²) in [7, 11) is 0. The second-order valence-corrected chi connectivity index (χ2v) is 5.33. The Labute approximate surface area is 114 Å². The molecule has 0 radical (unpaired) electrons. The highest BCUT2D eigenvalue weighted by molar-refractivity contribution is 9.10. The Hall–Kier alpha value is -0.160. The SMILES string of the molecule is CCNCCC(C)(O)c1ccc(Br)c(Cl)c1F. The molecule has 17 heavy (non-hydrogen) atoms. The summed E-state index contributed by atoms with van der Waals surface area (Å²) >= 11 is 8.95. The van der Waals surface area contributed by atoms with Gasteiger partial charge in [-0.05, 0) is 48.4 Å². The first-order valence-corrected chi connectivity index (χ1v) is 6.64. The summed E-state index contributed by atoms with van der Waals surface area (Å²) in [5.74, 6) is -0.567. The lowest BCUT2D eigenvalue weighted by Crippen LogP contribution is -2.28. The van der Waals surface area contributed by atoms with Gasteiger partial charge in [0.25, 0.3) is 0 Å². The van der Waals surface area contributed by atoms with E-state index in [4.69, 9.17) is 11.6 Å². The first-order chi connectivity index (χ1) is 7.90. The molecular formula is C12H16BrClFNO. The predicted octanol–water partition coefficient (Wildman–Crippen LogP) is 3.45. The van der Waals surface area contributed by atoms with Gasteiger partial charge in [-0.25, -0.2) is 4.39 Å². The van der Waals surface area contributed by atoms with Crippen molar-refractivity contribution in [2.24, 2.45) is 0 Å². The molecular weight excluding hydrogens is 308 g/mol.